The Hall–Kier alpha value is -4.74. The van der Waals surface area contributed by atoms with Gasteiger partial charge < -0.3 is 14.1 Å². The summed E-state index contributed by atoms with van der Waals surface area (Å²) in [5.41, 5.74) is 2.30. The predicted molar refractivity (Wildman–Crippen MR) is 160 cm³/mol. The second kappa shape index (κ2) is 11.6. The maximum atomic E-state index is 14.0. The maximum absolute atomic E-state index is 14.0. The van der Waals surface area contributed by atoms with E-state index < -0.39 is 12.0 Å². The lowest BCUT2D eigenvalue weighted by Gasteiger charge is -2.25. The first kappa shape index (κ1) is 27.4. The van der Waals surface area contributed by atoms with Crippen LogP contribution in [0, 0.1) is 6.92 Å². The number of H-pyrrole nitrogens is 1. The molecule has 3 aromatic heterocycles. The Labute approximate surface area is 247 Å². The summed E-state index contributed by atoms with van der Waals surface area (Å²) in [5.74, 6) is -0.0827. The van der Waals surface area contributed by atoms with Crippen molar-refractivity contribution in [2.75, 3.05) is 6.61 Å². The van der Waals surface area contributed by atoms with E-state index in [1.54, 1.807) is 36.6 Å². The number of furan rings is 1. The number of ether oxygens (including phenoxy) is 1. The average Bonchev–Trinajstić information content (AvgIpc) is 3.55. The number of esters is 1. The van der Waals surface area contributed by atoms with E-state index in [1.165, 1.54) is 29.2 Å². The number of rotatable bonds is 7. The molecule has 0 saturated carbocycles. The summed E-state index contributed by atoms with van der Waals surface area (Å²) in [6.45, 7) is 3.67. The topological polar surface area (TPSA) is 120 Å². The van der Waals surface area contributed by atoms with Gasteiger partial charge in [-0.2, -0.15) is 0 Å². The monoisotopic (exact) mass is 596 g/mol. The maximum Gasteiger partial charge on any atom is 0.338 e. The van der Waals surface area contributed by atoms with Crippen LogP contribution < -0.4 is 20.5 Å². The Bertz CT molecular complexity index is 2060. The van der Waals surface area contributed by atoms with E-state index in [-0.39, 0.29) is 17.7 Å². The lowest BCUT2D eigenvalue weighted by molar-refractivity contribution is -0.138. The molecule has 11 heteroatoms. The van der Waals surface area contributed by atoms with E-state index in [2.05, 4.69) is 9.97 Å². The fourth-order valence-corrected chi connectivity index (χ4v) is 6.47. The minimum Gasteiger partial charge on any atom is -0.463 e. The van der Waals surface area contributed by atoms with E-state index in [9.17, 15) is 14.4 Å². The molecule has 0 unspecified atom stereocenters. The van der Waals surface area contributed by atoms with Gasteiger partial charge in [0.05, 0.1) is 28.5 Å². The molecule has 4 heterocycles. The van der Waals surface area contributed by atoms with Crippen LogP contribution in [0.25, 0.3) is 11.8 Å². The van der Waals surface area contributed by atoms with Crippen LogP contribution in [-0.4, -0.2) is 27.1 Å². The number of aromatic nitrogens is 3. The highest BCUT2D eigenvalue weighted by Gasteiger charge is 2.35. The van der Waals surface area contributed by atoms with Crippen molar-refractivity contribution in [1.82, 2.24) is 14.5 Å². The number of hydrogen-bond acceptors (Lipinski definition) is 9. The molecule has 0 aliphatic carbocycles. The van der Waals surface area contributed by atoms with E-state index in [0.717, 1.165) is 11.1 Å². The van der Waals surface area contributed by atoms with Crippen molar-refractivity contribution in [2.45, 2.75) is 30.1 Å². The van der Waals surface area contributed by atoms with Gasteiger partial charge in [-0.1, -0.05) is 72.0 Å². The Balaban J connectivity index is 1.49. The van der Waals surface area contributed by atoms with Crippen molar-refractivity contribution in [3.63, 3.8) is 0 Å². The molecule has 0 saturated heterocycles. The molecule has 0 radical (unpaired) electrons. The minimum absolute atomic E-state index is 0.182. The number of carbonyl (C=O) groups excluding carboxylic acids is 1. The number of nitrogens with one attached hydrogen (secondary N) is 1. The van der Waals surface area contributed by atoms with E-state index in [4.69, 9.17) is 14.1 Å². The van der Waals surface area contributed by atoms with Gasteiger partial charge in [0.15, 0.2) is 15.1 Å². The fourth-order valence-electron chi connectivity index (χ4n) is 4.68. The molecule has 210 valence electrons. The van der Waals surface area contributed by atoms with Crippen molar-refractivity contribution in [3.05, 3.63) is 137 Å². The Kier molecular flexibility index (Phi) is 7.60. The Morgan fingerprint density at radius 3 is 2.55 bits per heavy atom. The largest absolute Gasteiger partial charge is 0.463 e. The summed E-state index contributed by atoms with van der Waals surface area (Å²) < 4.78 is 13.4. The minimum atomic E-state index is -0.745. The Morgan fingerprint density at radius 2 is 1.83 bits per heavy atom. The third-order valence-electron chi connectivity index (χ3n) is 6.41. The molecular weight excluding hydrogens is 572 g/mol. The molecule has 5 aromatic rings. The van der Waals surface area contributed by atoms with Crippen LogP contribution in [0.3, 0.4) is 0 Å². The average molecular weight is 597 g/mol. The van der Waals surface area contributed by atoms with Crippen molar-refractivity contribution >= 4 is 40.8 Å². The molecule has 1 atom stereocenters. The number of thiazole rings is 1. The number of benzene rings is 2. The molecule has 9 nitrogen and oxygen atoms in total. The first-order valence-electron chi connectivity index (χ1n) is 13.1. The zero-order valence-corrected chi connectivity index (χ0v) is 24.2. The summed E-state index contributed by atoms with van der Waals surface area (Å²) in [5, 5.41) is 0.906. The smallest absolute Gasteiger partial charge is 0.338 e. The number of aryl methyl sites for hydroxylation is 1. The molecule has 6 rings (SSSR count). The first-order chi connectivity index (χ1) is 20.4. The van der Waals surface area contributed by atoms with Gasteiger partial charge in [-0.25, -0.2) is 14.8 Å². The van der Waals surface area contributed by atoms with E-state index in [0.29, 0.717) is 42.3 Å². The number of nitrogens with zero attached hydrogens (tertiary/aromatic N) is 3. The lowest BCUT2D eigenvalue weighted by atomic mass is 9.93. The second-order valence-electron chi connectivity index (χ2n) is 9.29. The van der Waals surface area contributed by atoms with Crippen LogP contribution >= 0.6 is 23.1 Å². The van der Waals surface area contributed by atoms with Crippen LogP contribution in [0.4, 0.5) is 0 Å². The predicted octanol–water partition coefficient (Wildman–Crippen LogP) is 4.07. The highest BCUT2D eigenvalue weighted by Crippen LogP contribution is 2.35. The van der Waals surface area contributed by atoms with Crippen molar-refractivity contribution in [1.29, 1.82) is 0 Å². The van der Waals surface area contributed by atoms with Gasteiger partial charge in [-0.15, -0.1) is 0 Å². The van der Waals surface area contributed by atoms with Gasteiger partial charge in [0.2, 0.25) is 0 Å². The number of aromatic amines is 1. The number of carbonyl (C=O) groups is 1. The molecule has 1 N–H and O–H groups in total. The second-order valence-corrected chi connectivity index (χ2v) is 11.3. The lowest BCUT2D eigenvalue weighted by Crippen LogP contribution is -2.39. The molecule has 0 amide bonds. The molecule has 0 fully saturated rings. The van der Waals surface area contributed by atoms with E-state index in [1.807, 2.05) is 60.7 Å². The quantitative estimate of drug-likeness (QED) is 0.222. The number of fused-ring (bicyclic) bond motifs is 1. The van der Waals surface area contributed by atoms with Gasteiger partial charge in [0, 0.05) is 23.4 Å². The van der Waals surface area contributed by atoms with Crippen LogP contribution in [0.5, 0.6) is 0 Å². The number of hydrogen-bond donors (Lipinski definition) is 1. The van der Waals surface area contributed by atoms with Crippen LogP contribution in [0.1, 0.15) is 35.5 Å². The van der Waals surface area contributed by atoms with Gasteiger partial charge in [-0.3, -0.25) is 14.2 Å². The summed E-state index contributed by atoms with van der Waals surface area (Å²) in [6, 6.07) is 22.9. The van der Waals surface area contributed by atoms with E-state index >= 15 is 0 Å². The van der Waals surface area contributed by atoms with Gasteiger partial charge in [0.1, 0.15) is 5.76 Å². The molecule has 1 aliphatic rings. The molecule has 2 aromatic carbocycles. The SMILES string of the molecule is CCOC(=O)C1=C(c2ccccc2)N=c2s/c(=C/c3ccc(Sc4nc(C)cc(=O)[nH]4)o3)c(=O)n2[C@@H]1c1ccccc1. The third kappa shape index (κ3) is 5.44. The summed E-state index contributed by atoms with van der Waals surface area (Å²) >= 11 is 2.39. The molecule has 0 spiro atoms. The summed E-state index contributed by atoms with van der Waals surface area (Å²) in [4.78, 5) is 51.5. The van der Waals surface area contributed by atoms with Crippen LogP contribution in [0.15, 0.2) is 114 Å². The van der Waals surface area contributed by atoms with Crippen molar-refractivity contribution in [3.8, 4) is 0 Å². The molecular formula is C31H24N4O5S2. The normalized spacial score (nSPS) is 14.9. The van der Waals surface area contributed by atoms with Gasteiger partial charge in [-0.05, 0) is 43.3 Å². The molecule has 0 bridgehead atoms. The Morgan fingerprint density at radius 1 is 1.10 bits per heavy atom. The van der Waals surface area contributed by atoms with Crippen molar-refractivity contribution < 1.29 is 13.9 Å². The van der Waals surface area contributed by atoms with Crippen LogP contribution in [0.2, 0.25) is 0 Å². The first-order valence-corrected chi connectivity index (χ1v) is 14.7. The van der Waals surface area contributed by atoms with Gasteiger partial charge >= 0.3 is 5.97 Å². The highest BCUT2D eigenvalue weighted by atomic mass is 32.2. The fraction of sp³-hybridized carbons (Fsp3) is 0.129. The highest BCUT2D eigenvalue weighted by molar-refractivity contribution is 7.99. The molecule has 1 aliphatic heterocycles. The third-order valence-corrected chi connectivity index (χ3v) is 8.20. The summed E-state index contributed by atoms with van der Waals surface area (Å²) in [6.07, 6.45) is 1.65. The van der Waals surface area contributed by atoms with Crippen LogP contribution in [-0.2, 0) is 9.53 Å². The standard InChI is InChI=1S/C31H24N4O5S2/c1-3-39-29(38)25-26(19-10-6-4-7-11-19)34-31-35(27(25)20-12-8-5-9-13-20)28(37)22(41-31)17-21-14-15-24(40-21)42-30-32-18(2)16-23(36)33-30/h4-17,27H,3H2,1-2H3,(H,32,33,36)/b22-17+/t27-/m1/s1. The van der Waals surface area contributed by atoms with Gasteiger partial charge in [0.25, 0.3) is 11.1 Å². The summed E-state index contributed by atoms with van der Waals surface area (Å²) in [7, 11) is 0. The molecule has 42 heavy (non-hydrogen) atoms. The van der Waals surface area contributed by atoms with Crippen molar-refractivity contribution in [2.24, 2.45) is 4.99 Å². The zero-order chi connectivity index (χ0) is 29.2. The zero-order valence-electron chi connectivity index (χ0n) is 22.6.